The van der Waals surface area contributed by atoms with Crippen LogP contribution in [0.3, 0.4) is 0 Å². The number of halogens is 2. The molecule has 1 aromatic carbocycles. The van der Waals surface area contributed by atoms with Crippen LogP contribution < -0.4 is 10.6 Å². The molecule has 0 amide bonds. The predicted octanol–water partition coefficient (Wildman–Crippen LogP) is 2.90. The van der Waals surface area contributed by atoms with Crippen molar-refractivity contribution in [2.24, 2.45) is 11.1 Å². The molecule has 1 unspecified atom stereocenters. The van der Waals surface area contributed by atoms with Gasteiger partial charge in [0.2, 0.25) is 0 Å². The summed E-state index contributed by atoms with van der Waals surface area (Å²) >= 11 is 12.5. The highest BCUT2D eigenvalue weighted by molar-refractivity contribution is 8.00. The van der Waals surface area contributed by atoms with Gasteiger partial charge in [0.15, 0.2) is 5.82 Å². The fourth-order valence-electron chi connectivity index (χ4n) is 4.72. The van der Waals surface area contributed by atoms with E-state index in [1.165, 1.54) is 0 Å². The van der Waals surface area contributed by atoms with E-state index in [0.717, 1.165) is 25.9 Å². The molecule has 1 aromatic heterocycles. The number of rotatable bonds is 3. The lowest BCUT2D eigenvalue weighted by atomic mass is 9.75. The van der Waals surface area contributed by atoms with Gasteiger partial charge in [-0.25, -0.2) is 9.97 Å². The Morgan fingerprint density at radius 2 is 2.03 bits per heavy atom. The van der Waals surface area contributed by atoms with Crippen molar-refractivity contribution in [2.75, 3.05) is 29.5 Å². The first-order valence-corrected chi connectivity index (χ1v) is 12.7. The second-order valence-electron chi connectivity index (χ2n) is 8.42. The van der Waals surface area contributed by atoms with Crippen molar-refractivity contribution in [3.05, 3.63) is 39.6 Å². The summed E-state index contributed by atoms with van der Waals surface area (Å²) in [5.41, 5.74) is 8.76. The summed E-state index contributed by atoms with van der Waals surface area (Å²) in [5, 5.41) is 10.9. The molecule has 2 aliphatic rings. The monoisotopic (exact) mass is 468 g/mol. The number of piperidine rings is 1. The van der Waals surface area contributed by atoms with Crippen LogP contribution in [0.4, 0.5) is 5.82 Å². The van der Waals surface area contributed by atoms with Gasteiger partial charge in [0, 0.05) is 41.6 Å². The lowest BCUT2D eigenvalue weighted by molar-refractivity contribution is 0.223. The normalized spacial score (nSPS) is 25.8. The number of aliphatic hydroxyl groups is 1. The molecule has 2 aliphatic heterocycles. The zero-order valence-electron chi connectivity index (χ0n) is 16.9. The molecule has 30 heavy (non-hydrogen) atoms. The molecule has 0 bridgehead atoms. The van der Waals surface area contributed by atoms with Crippen LogP contribution in [0.5, 0.6) is 0 Å². The van der Waals surface area contributed by atoms with Crippen molar-refractivity contribution in [1.29, 1.82) is 0 Å². The Labute approximate surface area is 187 Å². The SMILES string of the molecule is C=S1(=O)C[C@@H](N)C2(CCN(c3nc(C)c(-c4cccc(Cl)c4Cl)nc3CO)CC2)C1. The lowest BCUT2D eigenvalue weighted by Gasteiger charge is -2.42. The van der Waals surface area contributed by atoms with E-state index in [2.05, 4.69) is 15.8 Å². The summed E-state index contributed by atoms with van der Waals surface area (Å²) in [6.45, 7) is 3.09. The van der Waals surface area contributed by atoms with Gasteiger partial charge >= 0.3 is 0 Å². The topological polar surface area (TPSA) is 92.3 Å². The van der Waals surface area contributed by atoms with Crippen molar-refractivity contribution < 1.29 is 9.32 Å². The van der Waals surface area contributed by atoms with E-state index < -0.39 is 9.52 Å². The molecule has 0 saturated carbocycles. The van der Waals surface area contributed by atoms with E-state index in [1.54, 1.807) is 6.07 Å². The number of aliphatic hydroxyl groups excluding tert-OH is 1. The molecule has 2 atom stereocenters. The van der Waals surface area contributed by atoms with Crippen LogP contribution in [-0.2, 0) is 16.1 Å². The quantitative estimate of drug-likeness (QED) is 0.672. The number of aryl methyl sites for hydroxylation is 1. The first kappa shape index (κ1) is 21.8. The minimum atomic E-state index is -2.08. The van der Waals surface area contributed by atoms with Crippen LogP contribution in [0, 0.1) is 12.3 Å². The molecule has 2 aromatic rings. The summed E-state index contributed by atoms with van der Waals surface area (Å²) in [6.07, 6.45) is 1.66. The smallest absolute Gasteiger partial charge is 0.153 e. The van der Waals surface area contributed by atoms with Crippen molar-refractivity contribution in [3.8, 4) is 11.3 Å². The molecule has 162 valence electrons. The average Bonchev–Trinajstić information content (AvgIpc) is 2.92. The van der Waals surface area contributed by atoms with E-state index in [-0.39, 0.29) is 18.1 Å². The van der Waals surface area contributed by atoms with Crippen LogP contribution in [0.1, 0.15) is 24.2 Å². The third-order valence-corrected chi connectivity index (χ3v) is 9.24. The Morgan fingerprint density at radius 1 is 1.33 bits per heavy atom. The minimum Gasteiger partial charge on any atom is -0.390 e. The van der Waals surface area contributed by atoms with Crippen LogP contribution in [-0.4, -0.2) is 55.8 Å². The van der Waals surface area contributed by atoms with Crippen LogP contribution in [0.2, 0.25) is 10.0 Å². The zero-order chi connectivity index (χ0) is 21.7. The lowest BCUT2D eigenvalue weighted by Crippen LogP contribution is -2.49. The molecule has 4 rings (SSSR count). The van der Waals surface area contributed by atoms with Gasteiger partial charge in [-0.1, -0.05) is 35.3 Å². The van der Waals surface area contributed by atoms with E-state index >= 15 is 0 Å². The summed E-state index contributed by atoms with van der Waals surface area (Å²) in [5.74, 6) is 5.67. The summed E-state index contributed by atoms with van der Waals surface area (Å²) in [4.78, 5) is 11.6. The van der Waals surface area contributed by atoms with Gasteiger partial charge in [0.25, 0.3) is 0 Å². The van der Waals surface area contributed by atoms with E-state index in [4.69, 9.17) is 33.9 Å². The van der Waals surface area contributed by atoms with E-state index in [1.807, 2.05) is 19.1 Å². The maximum absolute atomic E-state index is 12.5. The van der Waals surface area contributed by atoms with Gasteiger partial charge in [-0.3, -0.25) is 4.21 Å². The second kappa shape index (κ2) is 7.95. The third-order valence-electron chi connectivity index (χ3n) is 6.36. The maximum Gasteiger partial charge on any atom is 0.153 e. The van der Waals surface area contributed by atoms with E-state index in [0.29, 0.717) is 50.0 Å². The molecular weight excluding hydrogens is 443 g/mol. The number of hydrogen-bond acceptors (Lipinski definition) is 6. The molecule has 2 fully saturated rings. The number of hydrogen-bond donors (Lipinski definition) is 2. The summed E-state index contributed by atoms with van der Waals surface area (Å²) < 4.78 is 12.5. The molecule has 1 spiro atoms. The Kier molecular flexibility index (Phi) is 5.79. The molecular formula is C21H26Cl2N4O2S. The molecule has 6 nitrogen and oxygen atoms in total. The molecule has 0 radical (unpaired) electrons. The van der Waals surface area contributed by atoms with Gasteiger partial charge in [0.05, 0.1) is 28.0 Å². The molecule has 3 N–H and O–H groups in total. The molecule has 9 heteroatoms. The molecule has 2 saturated heterocycles. The highest BCUT2D eigenvalue weighted by Gasteiger charge is 2.47. The minimum absolute atomic E-state index is 0.0814. The Balaban J connectivity index is 1.63. The van der Waals surface area contributed by atoms with Crippen LogP contribution >= 0.6 is 23.2 Å². The van der Waals surface area contributed by atoms with Crippen LogP contribution in [0.15, 0.2) is 18.2 Å². The van der Waals surface area contributed by atoms with Gasteiger partial charge < -0.3 is 15.7 Å². The highest BCUT2D eigenvalue weighted by Crippen LogP contribution is 2.42. The highest BCUT2D eigenvalue weighted by atomic mass is 35.5. The number of aromatic nitrogens is 2. The van der Waals surface area contributed by atoms with Gasteiger partial charge in [-0.2, -0.15) is 0 Å². The van der Waals surface area contributed by atoms with Gasteiger partial charge in [0.1, 0.15) is 5.69 Å². The largest absolute Gasteiger partial charge is 0.390 e. The van der Waals surface area contributed by atoms with Crippen molar-refractivity contribution in [1.82, 2.24) is 9.97 Å². The van der Waals surface area contributed by atoms with Crippen molar-refractivity contribution >= 4 is 44.4 Å². The predicted molar refractivity (Wildman–Crippen MR) is 125 cm³/mol. The van der Waals surface area contributed by atoms with Crippen molar-refractivity contribution in [3.63, 3.8) is 0 Å². The molecule has 3 heterocycles. The number of anilines is 1. The summed E-state index contributed by atoms with van der Waals surface area (Å²) in [6, 6.07) is 5.29. The van der Waals surface area contributed by atoms with Crippen LogP contribution in [0.25, 0.3) is 11.3 Å². The first-order chi connectivity index (χ1) is 14.2. The summed E-state index contributed by atoms with van der Waals surface area (Å²) in [7, 11) is -2.08. The van der Waals surface area contributed by atoms with Gasteiger partial charge in [-0.05, 0) is 41.2 Å². The number of benzene rings is 1. The second-order valence-corrected chi connectivity index (χ2v) is 11.8. The standard InChI is InChI=1S/C21H26Cl2N4O2S/c1-13-19(14-4-3-5-15(22)18(14)23)26-16(10-28)20(25-13)27-8-6-21(7-9-27)12-30(2,29)11-17(21)24/h3-5,17,28H,2,6-12,24H2,1H3/t17-,30?/m1/s1. The van der Waals surface area contributed by atoms with Crippen molar-refractivity contribution in [2.45, 2.75) is 32.4 Å². The fraction of sp³-hybridized carbons (Fsp3) is 0.476. The third kappa shape index (κ3) is 3.82. The van der Waals surface area contributed by atoms with E-state index in [9.17, 15) is 9.32 Å². The Hall–Kier alpha value is -1.38. The molecule has 0 aliphatic carbocycles. The Morgan fingerprint density at radius 3 is 2.63 bits per heavy atom. The number of nitrogens with zero attached hydrogens (tertiary/aromatic N) is 3. The average molecular weight is 469 g/mol. The zero-order valence-corrected chi connectivity index (χ0v) is 19.2. The fourth-order valence-corrected chi connectivity index (χ4v) is 7.78. The van der Waals surface area contributed by atoms with Gasteiger partial charge in [-0.15, -0.1) is 0 Å². The Bertz CT molecular complexity index is 1080. The first-order valence-electron chi connectivity index (χ1n) is 9.92. The number of nitrogens with two attached hydrogens (primary N) is 1. The maximum atomic E-state index is 12.5.